The molecular formula is C8H8N4O. The first kappa shape index (κ1) is 7.72. The monoisotopic (exact) mass is 176 g/mol. The van der Waals surface area contributed by atoms with Gasteiger partial charge in [0.05, 0.1) is 0 Å². The highest BCUT2D eigenvalue weighted by molar-refractivity contribution is 5.49. The SMILES string of the molecule is Cc1cccc(-n2cnnn2)c1O. The van der Waals surface area contributed by atoms with Gasteiger partial charge in [0.1, 0.15) is 17.8 Å². The molecule has 5 nitrogen and oxygen atoms in total. The molecule has 0 aliphatic heterocycles. The first-order chi connectivity index (χ1) is 6.29. The van der Waals surface area contributed by atoms with E-state index in [1.807, 2.05) is 19.1 Å². The fraction of sp³-hybridized carbons (Fsp3) is 0.125. The van der Waals surface area contributed by atoms with Crippen molar-refractivity contribution in [1.82, 2.24) is 20.2 Å². The molecule has 1 heterocycles. The molecule has 0 saturated heterocycles. The number of rotatable bonds is 1. The number of benzene rings is 1. The predicted molar refractivity (Wildman–Crippen MR) is 45.6 cm³/mol. The molecule has 0 radical (unpaired) electrons. The molecule has 0 fully saturated rings. The molecule has 0 bridgehead atoms. The van der Waals surface area contributed by atoms with Crippen molar-refractivity contribution in [2.45, 2.75) is 6.92 Å². The Labute approximate surface area is 74.6 Å². The van der Waals surface area contributed by atoms with Gasteiger partial charge in [0.2, 0.25) is 0 Å². The Morgan fingerprint density at radius 3 is 2.92 bits per heavy atom. The maximum atomic E-state index is 9.65. The van der Waals surface area contributed by atoms with Gasteiger partial charge in [-0.25, -0.2) is 0 Å². The summed E-state index contributed by atoms with van der Waals surface area (Å²) in [5.41, 5.74) is 1.39. The first-order valence-electron chi connectivity index (χ1n) is 3.81. The molecule has 13 heavy (non-hydrogen) atoms. The van der Waals surface area contributed by atoms with Crippen molar-refractivity contribution in [3.05, 3.63) is 30.1 Å². The Bertz CT molecular complexity index is 410. The van der Waals surface area contributed by atoms with Crippen molar-refractivity contribution in [3.63, 3.8) is 0 Å². The van der Waals surface area contributed by atoms with E-state index in [2.05, 4.69) is 15.5 Å². The van der Waals surface area contributed by atoms with Crippen LogP contribution in [0.1, 0.15) is 5.56 Å². The lowest BCUT2D eigenvalue weighted by Gasteiger charge is -2.04. The lowest BCUT2D eigenvalue weighted by Crippen LogP contribution is -1.96. The number of hydrogen-bond donors (Lipinski definition) is 1. The molecule has 1 N–H and O–H groups in total. The Morgan fingerprint density at radius 1 is 1.38 bits per heavy atom. The van der Waals surface area contributed by atoms with Gasteiger partial charge in [-0.3, -0.25) is 0 Å². The van der Waals surface area contributed by atoms with Crippen LogP contribution in [0.5, 0.6) is 5.75 Å². The fourth-order valence-corrected chi connectivity index (χ4v) is 1.10. The second-order valence-electron chi connectivity index (χ2n) is 2.70. The van der Waals surface area contributed by atoms with E-state index in [9.17, 15) is 5.11 Å². The minimum absolute atomic E-state index is 0.204. The van der Waals surface area contributed by atoms with Gasteiger partial charge in [0, 0.05) is 0 Å². The smallest absolute Gasteiger partial charge is 0.144 e. The Balaban J connectivity index is 2.59. The summed E-state index contributed by atoms with van der Waals surface area (Å²) in [5.74, 6) is 0.204. The summed E-state index contributed by atoms with van der Waals surface area (Å²) in [5, 5.41) is 20.3. The van der Waals surface area contributed by atoms with Crippen LogP contribution in [-0.4, -0.2) is 25.3 Å². The molecule has 0 atom stereocenters. The van der Waals surface area contributed by atoms with Crippen molar-refractivity contribution < 1.29 is 5.11 Å². The van der Waals surface area contributed by atoms with E-state index in [4.69, 9.17) is 0 Å². The van der Waals surface area contributed by atoms with E-state index in [0.29, 0.717) is 5.69 Å². The molecule has 0 unspecified atom stereocenters. The van der Waals surface area contributed by atoms with Crippen LogP contribution in [-0.2, 0) is 0 Å². The summed E-state index contributed by atoms with van der Waals surface area (Å²) in [7, 11) is 0. The van der Waals surface area contributed by atoms with E-state index in [1.165, 1.54) is 11.0 Å². The Morgan fingerprint density at radius 2 is 2.23 bits per heavy atom. The molecule has 0 aliphatic rings. The van der Waals surface area contributed by atoms with Crippen molar-refractivity contribution in [2.24, 2.45) is 0 Å². The maximum absolute atomic E-state index is 9.65. The second-order valence-corrected chi connectivity index (χ2v) is 2.70. The molecule has 1 aromatic carbocycles. The first-order valence-corrected chi connectivity index (χ1v) is 3.81. The average Bonchev–Trinajstić information content (AvgIpc) is 2.62. The molecular weight excluding hydrogens is 168 g/mol. The van der Waals surface area contributed by atoms with E-state index in [1.54, 1.807) is 6.07 Å². The van der Waals surface area contributed by atoms with E-state index in [-0.39, 0.29) is 5.75 Å². The number of aromatic nitrogens is 4. The number of tetrazole rings is 1. The van der Waals surface area contributed by atoms with E-state index in [0.717, 1.165) is 5.56 Å². The number of phenols is 1. The van der Waals surface area contributed by atoms with Crippen molar-refractivity contribution in [3.8, 4) is 11.4 Å². The number of para-hydroxylation sites is 1. The maximum Gasteiger partial charge on any atom is 0.144 e. The molecule has 5 heteroatoms. The molecule has 0 saturated carbocycles. The lowest BCUT2D eigenvalue weighted by atomic mass is 10.2. The number of nitrogens with zero attached hydrogens (tertiary/aromatic N) is 4. The van der Waals surface area contributed by atoms with Gasteiger partial charge in [0.15, 0.2) is 0 Å². The summed E-state index contributed by atoms with van der Waals surface area (Å²) < 4.78 is 1.42. The minimum Gasteiger partial charge on any atom is -0.505 e. The molecule has 1 aromatic heterocycles. The number of phenolic OH excluding ortho intramolecular Hbond substituents is 1. The van der Waals surface area contributed by atoms with Crippen LogP contribution in [0.4, 0.5) is 0 Å². The van der Waals surface area contributed by atoms with Gasteiger partial charge in [0.25, 0.3) is 0 Å². The normalized spacial score (nSPS) is 10.2. The topological polar surface area (TPSA) is 63.8 Å². The summed E-state index contributed by atoms with van der Waals surface area (Å²) in [6.45, 7) is 1.82. The largest absolute Gasteiger partial charge is 0.505 e. The highest BCUT2D eigenvalue weighted by atomic mass is 16.3. The molecule has 0 aliphatic carbocycles. The highest BCUT2D eigenvalue weighted by Crippen LogP contribution is 2.23. The molecule has 2 rings (SSSR count). The zero-order chi connectivity index (χ0) is 9.26. The quantitative estimate of drug-likeness (QED) is 0.693. The van der Waals surface area contributed by atoms with Crippen molar-refractivity contribution >= 4 is 0 Å². The molecule has 0 amide bonds. The predicted octanol–water partition coefficient (Wildman–Crippen LogP) is 0.676. The van der Waals surface area contributed by atoms with Gasteiger partial charge in [-0.15, -0.1) is 5.10 Å². The third kappa shape index (κ3) is 1.24. The summed E-state index contributed by atoms with van der Waals surface area (Å²) in [4.78, 5) is 0. The van der Waals surface area contributed by atoms with Crippen molar-refractivity contribution in [2.75, 3.05) is 0 Å². The second kappa shape index (κ2) is 2.85. The van der Waals surface area contributed by atoms with Crippen LogP contribution < -0.4 is 0 Å². The Kier molecular flexibility index (Phi) is 1.70. The fourth-order valence-electron chi connectivity index (χ4n) is 1.10. The minimum atomic E-state index is 0.204. The van der Waals surface area contributed by atoms with Crippen LogP contribution in [0.15, 0.2) is 24.5 Å². The van der Waals surface area contributed by atoms with Gasteiger partial charge < -0.3 is 5.11 Å². The van der Waals surface area contributed by atoms with Gasteiger partial charge in [-0.1, -0.05) is 12.1 Å². The van der Waals surface area contributed by atoms with E-state index < -0.39 is 0 Å². The van der Waals surface area contributed by atoms with Crippen LogP contribution in [0.2, 0.25) is 0 Å². The van der Waals surface area contributed by atoms with E-state index >= 15 is 0 Å². The summed E-state index contributed by atoms with van der Waals surface area (Å²) in [6.07, 6.45) is 1.44. The highest BCUT2D eigenvalue weighted by Gasteiger charge is 2.05. The summed E-state index contributed by atoms with van der Waals surface area (Å²) >= 11 is 0. The average molecular weight is 176 g/mol. The zero-order valence-corrected chi connectivity index (χ0v) is 7.05. The third-order valence-electron chi connectivity index (χ3n) is 1.81. The van der Waals surface area contributed by atoms with Crippen LogP contribution >= 0.6 is 0 Å². The van der Waals surface area contributed by atoms with Crippen LogP contribution in [0.3, 0.4) is 0 Å². The lowest BCUT2D eigenvalue weighted by molar-refractivity contribution is 0.465. The van der Waals surface area contributed by atoms with Crippen LogP contribution in [0.25, 0.3) is 5.69 Å². The number of aryl methyl sites for hydroxylation is 1. The van der Waals surface area contributed by atoms with Gasteiger partial charge in [-0.05, 0) is 29.0 Å². The zero-order valence-electron chi connectivity index (χ0n) is 7.05. The summed E-state index contributed by atoms with van der Waals surface area (Å²) in [6, 6.07) is 5.41. The molecule has 0 spiro atoms. The number of hydrogen-bond acceptors (Lipinski definition) is 4. The number of aromatic hydroxyl groups is 1. The van der Waals surface area contributed by atoms with Crippen LogP contribution in [0, 0.1) is 6.92 Å². The third-order valence-corrected chi connectivity index (χ3v) is 1.81. The molecule has 2 aromatic rings. The Hall–Kier alpha value is -1.91. The van der Waals surface area contributed by atoms with Crippen molar-refractivity contribution in [1.29, 1.82) is 0 Å². The van der Waals surface area contributed by atoms with Gasteiger partial charge >= 0.3 is 0 Å². The standard InChI is InChI=1S/C8H8N4O/c1-6-3-2-4-7(8(6)13)12-5-9-10-11-12/h2-5,13H,1H3. The van der Waals surface area contributed by atoms with Gasteiger partial charge in [-0.2, -0.15) is 4.68 Å². The molecule has 66 valence electrons.